The maximum Gasteiger partial charge on any atom is 0.290 e. The Morgan fingerprint density at radius 3 is 2.46 bits per heavy atom. The fourth-order valence-electron chi connectivity index (χ4n) is 4.84. The fraction of sp³-hybridized carbons (Fsp3) is 0.188. The second-order valence-corrected chi connectivity index (χ2v) is 9.82. The third-order valence-corrected chi connectivity index (χ3v) is 7.27. The molecule has 0 unspecified atom stereocenters. The van der Waals surface area contributed by atoms with Gasteiger partial charge in [-0.05, 0) is 85.8 Å². The van der Waals surface area contributed by atoms with Gasteiger partial charge in [0.15, 0.2) is 0 Å². The van der Waals surface area contributed by atoms with Crippen LogP contribution in [0.3, 0.4) is 0 Å². The lowest BCUT2D eigenvalue weighted by molar-refractivity contribution is 0.0917. The minimum absolute atomic E-state index is 0.0203. The Morgan fingerprint density at radius 2 is 1.69 bits per heavy atom. The van der Waals surface area contributed by atoms with Crippen molar-refractivity contribution in [3.63, 3.8) is 0 Å². The smallest absolute Gasteiger partial charge is 0.290 e. The predicted molar refractivity (Wildman–Crippen MR) is 155 cm³/mol. The number of pyridine rings is 1. The van der Waals surface area contributed by atoms with Crippen molar-refractivity contribution >= 4 is 28.2 Å². The lowest BCUT2D eigenvalue weighted by Gasteiger charge is -2.26. The maximum atomic E-state index is 13.2. The summed E-state index contributed by atoms with van der Waals surface area (Å²) in [5.41, 5.74) is 6.18. The highest BCUT2D eigenvalue weighted by Crippen LogP contribution is 2.29. The van der Waals surface area contributed by atoms with Gasteiger partial charge < -0.3 is 10.6 Å². The van der Waals surface area contributed by atoms with Crippen molar-refractivity contribution in [3.05, 3.63) is 107 Å². The molecule has 0 saturated heterocycles. The number of fused-ring (bicyclic) bond motifs is 1. The first-order valence-electron chi connectivity index (χ1n) is 13.3. The van der Waals surface area contributed by atoms with E-state index in [2.05, 4.69) is 26.8 Å². The van der Waals surface area contributed by atoms with E-state index >= 15 is 0 Å². The van der Waals surface area contributed by atoms with Gasteiger partial charge in [-0.2, -0.15) is 5.10 Å². The van der Waals surface area contributed by atoms with E-state index in [9.17, 15) is 9.59 Å². The molecule has 0 spiro atoms. The molecule has 0 radical (unpaired) electrons. The van der Waals surface area contributed by atoms with Crippen LogP contribution < -0.4 is 16.2 Å². The summed E-state index contributed by atoms with van der Waals surface area (Å²) in [6.45, 7) is 2.35. The zero-order chi connectivity index (χ0) is 26.8. The molecule has 2 N–H and O–H groups in total. The van der Waals surface area contributed by atoms with Gasteiger partial charge in [-0.1, -0.05) is 36.4 Å². The van der Waals surface area contributed by atoms with E-state index < -0.39 is 0 Å². The van der Waals surface area contributed by atoms with Gasteiger partial charge >= 0.3 is 0 Å². The van der Waals surface area contributed by atoms with Crippen LogP contribution in [-0.4, -0.2) is 26.7 Å². The Bertz CT molecular complexity index is 1720. The van der Waals surface area contributed by atoms with Crippen molar-refractivity contribution in [3.8, 4) is 22.4 Å². The van der Waals surface area contributed by atoms with Crippen molar-refractivity contribution in [1.29, 1.82) is 0 Å². The number of nitrogens with zero attached hydrogens (tertiary/aromatic N) is 3. The third kappa shape index (κ3) is 5.03. The molecular formula is C32H29N5O2. The van der Waals surface area contributed by atoms with Crippen LogP contribution in [0.1, 0.15) is 36.5 Å². The normalized spacial score (nSPS) is 13.2. The Hall–Kier alpha value is -4.78. The van der Waals surface area contributed by atoms with Gasteiger partial charge in [0.1, 0.15) is 5.69 Å². The summed E-state index contributed by atoms with van der Waals surface area (Å²) in [5.74, 6) is -0.0203. The summed E-state index contributed by atoms with van der Waals surface area (Å²) in [4.78, 5) is 30.1. The number of hydrogen-bond acceptors (Lipinski definition) is 5. The van der Waals surface area contributed by atoms with Gasteiger partial charge in [0.2, 0.25) is 0 Å². The van der Waals surface area contributed by atoms with E-state index in [4.69, 9.17) is 0 Å². The molecule has 0 atom stereocenters. The van der Waals surface area contributed by atoms with Crippen LogP contribution in [-0.2, 0) is 6.54 Å². The number of carbonyl (C=O) groups excluding carboxylic acids is 1. The van der Waals surface area contributed by atoms with Crippen molar-refractivity contribution in [2.75, 3.05) is 5.32 Å². The summed E-state index contributed by atoms with van der Waals surface area (Å²) in [6, 6.07) is 27.5. The van der Waals surface area contributed by atoms with Crippen LogP contribution >= 0.6 is 0 Å². The minimum atomic E-state index is -0.186. The van der Waals surface area contributed by atoms with Gasteiger partial charge in [-0.15, -0.1) is 0 Å². The van der Waals surface area contributed by atoms with Gasteiger partial charge in [0.25, 0.3) is 11.5 Å². The van der Waals surface area contributed by atoms with E-state index in [1.807, 2.05) is 79.7 Å². The highest BCUT2D eigenvalue weighted by atomic mass is 16.1. The monoisotopic (exact) mass is 515 g/mol. The quantitative estimate of drug-likeness (QED) is 0.271. The molecule has 39 heavy (non-hydrogen) atoms. The molecule has 1 saturated carbocycles. The molecule has 7 nitrogen and oxygen atoms in total. The largest absolute Gasteiger partial charge is 0.350 e. The van der Waals surface area contributed by atoms with E-state index in [0.717, 1.165) is 46.1 Å². The van der Waals surface area contributed by atoms with Crippen LogP contribution in [0.15, 0.2) is 95.9 Å². The van der Waals surface area contributed by atoms with Crippen LogP contribution in [0.4, 0.5) is 11.4 Å². The van der Waals surface area contributed by atoms with Crippen LogP contribution in [0.2, 0.25) is 0 Å². The van der Waals surface area contributed by atoms with Crippen LogP contribution in [0.25, 0.3) is 33.3 Å². The Morgan fingerprint density at radius 1 is 0.897 bits per heavy atom. The van der Waals surface area contributed by atoms with Gasteiger partial charge in [0, 0.05) is 41.0 Å². The molecular weight excluding hydrogens is 486 g/mol. The Labute approximate surface area is 226 Å². The van der Waals surface area contributed by atoms with Crippen molar-refractivity contribution < 1.29 is 4.79 Å². The number of aryl methyl sites for hydroxylation is 1. The number of hydrogen-bond donors (Lipinski definition) is 2. The van der Waals surface area contributed by atoms with Gasteiger partial charge in [-0.25, -0.2) is 4.68 Å². The molecule has 5 aromatic rings. The first-order chi connectivity index (χ1) is 19.1. The minimum Gasteiger partial charge on any atom is -0.350 e. The molecule has 2 aromatic heterocycles. The second-order valence-electron chi connectivity index (χ2n) is 9.82. The zero-order valence-corrected chi connectivity index (χ0v) is 21.7. The average molecular weight is 516 g/mol. The number of benzene rings is 3. The molecule has 1 fully saturated rings. The van der Waals surface area contributed by atoms with E-state index in [1.165, 1.54) is 11.1 Å². The number of carbonyl (C=O) groups is 1. The van der Waals surface area contributed by atoms with Crippen molar-refractivity contribution in [2.45, 2.75) is 38.8 Å². The molecule has 0 bridgehead atoms. The summed E-state index contributed by atoms with van der Waals surface area (Å²) in [7, 11) is 0. The zero-order valence-electron chi connectivity index (χ0n) is 21.7. The Balaban J connectivity index is 1.31. The predicted octanol–water partition coefficient (Wildman–Crippen LogP) is 6.17. The number of aromatic nitrogens is 3. The summed E-state index contributed by atoms with van der Waals surface area (Å²) >= 11 is 0. The average Bonchev–Trinajstić information content (AvgIpc) is 2.96. The lowest BCUT2D eigenvalue weighted by Crippen LogP contribution is -2.39. The van der Waals surface area contributed by atoms with E-state index in [1.54, 1.807) is 12.3 Å². The molecule has 194 valence electrons. The fourth-order valence-corrected chi connectivity index (χ4v) is 4.84. The topological polar surface area (TPSA) is 88.9 Å². The molecule has 1 aliphatic rings. The molecule has 6 rings (SSSR count). The first kappa shape index (κ1) is 24.6. The van der Waals surface area contributed by atoms with Crippen LogP contribution in [0, 0.1) is 0 Å². The SMILES string of the molecule is CCn1nc(-c2cccc(-c3ccc(C(=O)NC4CCC4)cc3)c2)cc(Nc2cccc3ncccc23)c1=O. The first-order valence-corrected chi connectivity index (χ1v) is 13.3. The van der Waals surface area contributed by atoms with E-state index in [-0.39, 0.29) is 11.5 Å². The molecule has 0 aliphatic heterocycles. The summed E-state index contributed by atoms with van der Waals surface area (Å²) in [5, 5.41) is 12.0. The Kier molecular flexibility index (Phi) is 6.63. The van der Waals surface area contributed by atoms with Crippen molar-refractivity contribution in [1.82, 2.24) is 20.1 Å². The van der Waals surface area contributed by atoms with Crippen molar-refractivity contribution in [2.24, 2.45) is 0 Å². The number of rotatable bonds is 7. The van der Waals surface area contributed by atoms with E-state index in [0.29, 0.717) is 29.5 Å². The molecule has 1 amide bonds. The molecule has 3 aromatic carbocycles. The number of anilines is 2. The van der Waals surface area contributed by atoms with Gasteiger partial charge in [-0.3, -0.25) is 14.6 Å². The molecule has 2 heterocycles. The number of nitrogens with one attached hydrogen (secondary N) is 2. The van der Waals surface area contributed by atoms with Gasteiger partial charge in [0.05, 0.1) is 11.2 Å². The maximum absolute atomic E-state index is 13.2. The second kappa shape index (κ2) is 10.5. The summed E-state index contributed by atoms with van der Waals surface area (Å²) < 4.78 is 1.48. The molecule has 1 aliphatic carbocycles. The molecule has 7 heteroatoms. The lowest BCUT2D eigenvalue weighted by atomic mass is 9.93. The standard InChI is InChI=1S/C32H29N5O2/c1-2-37-32(39)30(35-28-13-5-12-27-26(28)11-6-18-33-27)20-29(36-37)24-8-3-7-23(19-24)21-14-16-22(17-15-21)31(38)34-25-9-4-10-25/h3,5-8,11-20,25,35H,2,4,9-10H2,1H3,(H,34,38). The highest BCUT2D eigenvalue weighted by Gasteiger charge is 2.20. The summed E-state index contributed by atoms with van der Waals surface area (Å²) in [6.07, 6.45) is 5.06. The number of amides is 1. The van der Waals surface area contributed by atoms with Crippen LogP contribution in [0.5, 0.6) is 0 Å². The third-order valence-electron chi connectivity index (χ3n) is 7.27. The highest BCUT2D eigenvalue weighted by molar-refractivity contribution is 5.95.